The monoisotopic (exact) mass is 410 g/mol. The lowest BCUT2D eigenvalue weighted by atomic mass is 9.95. The highest BCUT2D eigenvalue weighted by molar-refractivity contribution is 5.91. The van der Waals surface area contributed by atoms with Gasteiger partial charge in [-0.15, -0.1) is 0 Å². The third-order valence-corrected chi connectivity index (χ3v) is 5.00. The van der Waals surface area contributed by atoms with E-state index >= 15 is 0 Å². The topological polar surface area (TPSA) is 71.1 Å². The van der Waals surface area contributed by atoms with Gasteiger partial charge in [0.1, 0.15) is 6.10 Å². The fraction of sp³-hybridized carbons (Fsp3) is 0.333. The van der Waals surface area contributed by atoms with E-state index in [1.54, 1.807) is 12.1 Å². The minimum Gasteiger partial charge on any atom is -0.292 e. The van der Waals surface area contributed by atoms with Gasteiger partial charge in [0.25, 0.3) is 0 Å². The molecule has 3 rings (SSSR count). The van der Waals surface area contributed by atoms with Crippen LogP contribution in [0, 0.1) is 40.2 Å². The zero-order valence-electron chi connectivity index (χ0n) is 17.7. The highest BCUT2D eigenvalue weighted by atomic mass is 17.2. The smallest absolute Gasteiger partial charge is 0.292 e. The van der Waals surface area contributed by atoms with Crippen LogP contribution in [0.2, 0.25) is 0 Å². The van der Waals surface area contributed by atoms with E-state index < -0.39 is 18.0 Å². The Kier molecular flexibility index (Phi) is 7.24. The lowest BCUT2D eigenvalue weighted by Crippen LogP contribution is -2.30. The molecule has 0 N–H and O–H groups in total. The van der Waals surface area contributed by atoms with Gasteiger partial charge in [-0.05, 0) is 76.6 Å². The molecule has 6 heteroatoms. The summed E-state index contributed by atoms with van der Waals surface area (Å²) in [6.45, 7) is 7.58. The van der Waals surface area contributed by atoms with Crippen molar-refractivity contribution in [3.05, 3.63) is 82.3 Å². The number of hydrogen-bond donors (Lipinski definition) is 0. The normalized spacial score (nSPS) is 16.9. The van der Waals surface area contributed by atoms with E-state index in [-0.39, 0.29) is 0 Å². The second kappa shape index (κ2) is 9.87. The third-order valence-electron chi connectivity index (χ3n) is 5.00. The molecule has 0 aromatic heterocycles. The molecule has 158 valence electrons. The van der Waals surface area contributed by atoms with Crippen LogP contribution in [0.4, 0.5) is 0 Å². The summed E-state index contributed by atoms with van der Waals surface area (Å²) >= 11 is 0. The average Bonchev–Trinajstić information content (AvgIpc) is 2.71. The van der Waals surface area contributed by atoms with E-state index in [1.807, 2.05) is 58.4 Å². The molecular formula is C24H26O6. The predicted octanol–water partition coefficient (Wildman–Crippen LogP) is 5.09. The first kappa shape index (κ1) is 22.0. The van der Waals surface area contributed by atoms with Crippen LogP contribution in [0.15, 0.2) is 36.4 Å². The first-order chi connectivity index (χ1) is 14.3. The SMILES string of the molecule is Cc1ccc(C(=O)OO[C]2CC[CH]CC2OOC(=O)c2ccc(C)cc2C)c(C)c1. The van der Waals surface area contributed by atoms with E-state index in [0.717, 1.165) is 28.7 Å². The molecule has 2 aromatic rings. The van der Waals surface area contributed by atoms with Crippen LogP contribution >= 0.6 is 0 Å². The van der Waals surface area contributed by atoms with Gasteiger partial charge in [0, 0.05) is 0 Å². The van der Waals surface area contributed by atoms with Crippen molar-refractivity contribution < 1.29 is 29.1 Å². The Morgan fingerprint density at radius 2 is 1.40 bits per heavy atom. The molecule has 0 saturated heterocycles. The van der Waals surface area contributed by atoms with Crippen molar-refractivity contribution in [2.75, 3.05) is 0 Å². The molecular weight excluding hydrogens is 384 g/mol. The van der Waals surface area contributed by atoms with Crippen molar-refractivity contribution >= 4 is 11.9 Å². The van der Waals surface area contributed by atoms with Crippen LogP contribution in [0.3, 0.4) is 0 Å². The Balaban J connectivity index is 1.56. The van der Waals surface area contributed by atoms with Crippen molar-refractivity contribution in [3.8, 4) is 0 Å². The van der Waals surface area contributed by atoms with Crippen molar-refractivity contribution in [2.24, 2.45) is 0 Å². The van der Waals surface area contributed by atoms with Gasteiger partial charge in [0.2, 0.25) is 0 Å². The van der Waals surface area contributed by atoms with Gasteiger partial charge in [-0.1, -0.05) is 35.4 Å². The third kappa shape index (κ3) is 5.46. The zero-order valence-corrected chi connectivity index (χ0v) is 17.7. The van der Waals surface area contributed by atoms with Gasteiger partial charge in [0.15, 0.2) is 6.10 Å². The summed E-state index contributed by atoms with van der Waals surface area (Å²) in [5.41, 5.74) is 4.59. The summed E-state index contributed by atoms with van der Waals surface area (Å²) in [4.78, 5) is 45.4. The summed E-state index contributed by atoms with van der Waals surface area (Å²) in [7, 11) is 0. The van der Waals surface area contributed by atoms with Crippen molar-refractivity contribution in [1.82, 2.24) is 0 Å². The van der Waals surface area contributed by atoms with Crippen molar-refractivity contribution in [1.29, 1.82) is 0 Å². The molecule has 6 nitrogen and oxygen atoms in total. The maximum Gasteiger partial charge on any atom is 0.373 e. The molecule has 0 heterocycles. The Labute approximate surface area is 176 Å². The largest absolute Gasteiger partial charge is 0.373 e. The summed E-state index contributed by atoms with van der Waals surface area (Å²) in [5, 5.41) is 0. The molecule has 2 aromatic carbocycles. The van der Waals surface area contributed by atoms with Crippen LogP contribution in [-0.4, -0.2) is 18.0 Å². The van der Waals surface area contributed by atoms with Crippen LogP contribution in [-0.2, 0) is 19.6 Å². The lowest BCUT2D eigenvalue weighted by Gasteiger charge is -2.26. The predicted molar refractivity (Wildman–Crippen MR) is 110 cm³/mol. The summed E-state index contributed by atoms with van der Waals surface area (Å²) in [6, 6.07) is 10.9. The van der Waals surface area contributed by atoms with Crippen LogP contribution in [0.5, 0.6) is 0 Å². The first-order valence-corrected chi connectivity index (χ1v) is 9.93. The molecule has 0 aliphatic heterocycles. The molecule has 1 atom stereocenters. The highest BCUT2D eigenvalue weighted by Crippen LogP contribution is 2.30. The Morgan fingerprint density at radius 1 is 0.833 bits per heavy atom. The van der Waals surface area contributed by atoms with E-state index in [0.29, 0.717) is 30.1 Å². The fourth-order valence-electron chi connectivity index (χ4n) is 3.36. The molecule has 0 amide bonds. The van der Waals surface area contributed by atoms with Gasteiger partial charge in [-0.2, -0.15) is 9.78 Å². The number of carbonyl (C=O) groups is 2. The van der Waals surface area contributed by atoms with Gasteiger partial charge >= 0.3 is 11.9 Å². The standard InChI is InChI=1S/C24H26O6/c1-15-9-11-19(17(3)13-15)23(25)29-27-21-7-5-6-8-22(21)28-30-24(26)20-12-10-16(2)14-18(20)4/h5,9-14,21H,6-8H2,1-4H3. The Hall–Kier alpha value is -2.70. The minimum absolute atomic E-state index is 0.407. The van der Waals surface area contributed by atoms with Crippen molar-refractivity contribution in [3.63, 3.8) is 0 Å². The van der Waals surface area contributed by atoms with E-state index in [2.05, 4.69) is 0 Å². The van der Waals surface area contributed by atoms with Gasteiger partial charge in [-0.25, -0.2) is 9.59 Å². The molecule has 1 aliphatic carbocycles. The maximum atomic E-state index is 12.3. The number of aryl methyl sites for hydroxylation is 4. The Bertz CT molecular complexity index is 844. The second-order valence-corrected chi connectivity index (χ2v) is 7.58. The highest BCUT2D eigenvalue weighted by Gasteiger charge is 2.33. The summed E-state index contributed by atoms with van der Waals surface area (Å²) in [6.07, 6.45) is 3.52. The molecule has 0 spiro atoms. The quantitative estimate of drug-likeness (QED) is 0.488. The maximum absolute atomic E-state index is 12.3. The number of hydrogen-bond acceptors (Lipinski definition) is 6. The molecule has 1 fully saturated rings. The van der Waals surface area contributed by atoms with E-state index in [9.17, 15) is 9.59 Å². The van der Waals surface area contributed by atoms with Gasteiger partial charge in [-0.3, -0.25) is 9.78 Å². The molecule has 2 radical (unpaired) electrons. The zero-order chi connectivity index (χ0) is 21.7. The molecule has 30 heavy (non-hydrogen) atoms. The molecule has 1 saturated carbocycles. The number of carbonyl (C=O) groups excluding carboxylic acids is 2. The van der Waals surface area contributed by atoms with E-state index in [4.69, 9.17) is 19.6 Å². The van der Waals surface area contributed by atoms with Crippen LogP contribution < -0.4 is 0 Å². The van der Waals surface area contributed by atoms with Crippen LogP contribution in [0.25, 0.3) is 0 Å². The van der Waals surface area contributed by atoms with Crippen LogP contribution in [0.1, 0.15) is 62.2 Å². The average molecular weight is 410 g/mol. The molecule has 1 unspecified atom stereocenters. The van der Waals surface area contributed by atoms with Gasteiger partial charge in [0.05, 0.1) is 11.1 Å². The van der Waals surface area contributed by atoms with Crippen molar-refractivity contribution in [2.45, 2.75) is 53.1 Å². The minimum atomic E-state index is -0.639. The molecule has 0 bridgehead atoms. The van der Waals surface area contributed by atoms with Gasteiger partial charge < -0.3 is 0 Å². The summed E-state index contributed by atoms with van der Waals surface area (Å²) in [5.74, 6) is -1.16. The molecule has 1 aliphatic rings. The Morgan fingerprint density at radius 3 is 1.97 bits per heavy atom. The lowest BCUT2D eigenvalue weighted by molar-refractivity contribution is -0.317. The summed E-state index contributed by atoms with van der Waals surface area (Å²) < 4.78 is 0. The fourth-order valence-corrected chi connectivity index (χ4v) is 3.36. The number of benzene rings is 2. The number of rotatable bonds is 6. The van der Waals surface area contributed by atoms with E-state index in [1.165, 1.54) is 0 Å². The second-order valence-electron chi connectivity index (χ2n) is 7.58. The first-order valence-electron chi connectivity index (χ1n) is 9.93.